The van der Waals surface area contributed by atoms with Gasteiger partial charge < -0.3 is 4.90 Å². The first-order valence-electron chi connectivity index (χ1n) is 15.1. The van der Waals surface area contributed by atoms with Crippen molar-refractivity contribution in [2.45, 2.75) is 34.6 Å². The lowest BCUT2D eigenvalue weighted by Gasteiger charge is -2.27. The van der Waals surface area contributed by atoms with Gasteiger partial charge in [-0.2, -0.15) is 0 Å². The van der Waals surface area contributed by atoms with Gasteiger partial charge in [-0.3, -0.25) is 4.90 Å². The van der Waals surface area contributed by atoms with Crippen LogP contribution in [0.3, 0.4) is 0 Å². The van der Waals surface area contributed by atoms with Crippen LogP contribution in [0.1, 0.15) is 27.8 Å². The highest BCUT2D eigenvalue weighted by atomic mass is 15.2. The summed E-state index contributed by atoms with van der Waals surface area (Å²) >= 11 is 0. The SMILES string of the molecule is Cc1ccc(-c2ccc(N(c3cccc(-c4cccc(N(C)c5ccc(C)cc5C)n4)n3)c3ccc(C)cc3C)cc2)cc1. The summed E-state index contributed by atoms with van der Waals surface area (Å²) in [5.41, 5.74) is 13.5. The molecular weight excluding hydrogens is 536 g/mol. The van der Waals surface area contributed by atoms with Gasteiger partial charge in [0.25, 0.3) is 0 Å². The zero-order valence-corrected chi connectivity index (χ0v) is 26.3. The summed E-state index contributed by atoms with van der Waals surface area (Å²) in [6.07, 6.45) is 0. The number of benzene rings is 4. The maximum absolute atomic E-state index is 5.20. The molecule has 4 heteroatoms. The van der Waals surface area contributed by atoms with Crippen LogP contribution >= 0.6 is 0 Å². The van der Waals surface area contributed by atoms with Crippen molar-refractivity contribution in [1.29, 1.82) is 0 Å². The second-order valence-electron chi connectivity index (χ2n) is 11.6. The summed E-state index contributed by atoms with van der Waals surface area (Å²) in [7, 11) is 2.07. The summed E-state index contributed by atoms with van der Waals surface area (Å²) in [6.45, 7) is 10.7. The molecule has 0 aliphatic carbocycles. The Morgan fingerprint density at radius 3 is 1.50 bits per heavy atom. The summed E-state index contributed by atoms with van der Waals surface area (Å²) in [6, 6.07) is 42.8. The molecule has 0 spiro atoms. The molecule has 4 aromatic carbocycles. The lowest BCUT2D eigenvalue weighted by molar-refractivity contribution is 1.10. The fourth-order valence-electron chi connectivity index (χ4n) is 5.75. The van der Waals surface area contributed by atoms with Crippen molar-refractivity contribution < 1.29 is 0 Å². The number of hydrogen-bond acceptors (Lipinski definition) is 4. The molecule has 0 fully saturated rings. The van der Waals surface area contributed by atoms with E-state index in [1.54, 1.807) is 0 Å². The monoisotopic (exact) mass is 574 g/mol. The van der Waals surface area contributed by atoms with Gasteiger partial charge in [0.05, 0.1) is 17.1 Å². The Morgan fingerprint density at radius 1 is 0.455 bits per heavy atom. The third kappa shape index (κ3) is 5.97. The van der Waals surface area contributed by atoms with E-state index in [1.165, 1.54) is 38.9 Å². The molecule has 44 heavy (non-hydrogen) atoms. The predicted octanol–water partition coefficient (Wildman–Crippen LogP) is 10.6. The van der Waals surface area contributed by atoms with Crippen molar-refractivity contribution in [1.82, 2.24) is 9.97 Å². The fraction of sp³-hybridized carbons (Fsp3) is 0.150. The minimum absolute atomic E-state index is 0.824. The van der Waals surface area contributed by atoms with E-state index in [2.05, 4.69) is 155 Å². The van der Waals surface area contributed by atoms with Crippen LogP contribution in [0.2, 0.25) is 0 Å². The highest BCUT2D eigenvalue weighted by Gasteiger charge is 2.18. The molecule has 0 atom stereocenters. The van der Waals surface area contributed by atoms with Crippen molar-refractivity contribution in [3.63, 3.8) is 0 Å². The summed E-state index contributed by atoms with van der Waals surface area (Å²) < 4.78 is 0. The smallest absolute Gasteiger partial charge is 0.138 e. The van der Waals surface area contributed by atoms with Crippen molar-refractivity contribution in [2.75, 3.05) is 16.8 Å². The fourth-order valence-corrected chi connectivity index (χ4v) is 5.75. The molecule has 6 rings (SSSR count). The number of rotatable bonds is 7. The maximum atomic E-state index is 5.20. The van der Waals surface area contributed by atoms with Gasteiger partial charge in [-0.15, -0.1) is 0 Å². The Kier molecular flexibility index (Phi) is 7.99. The van der Waals surface area contributed by atoms with E-state index in [0.717, 1.165) is 40.1 Å². The maximum Gasteiger partial charge on any atom is 0.138 e. The molecule has 0 amide bonds. The first-order chi connectivity index (χ1) is 21.3. The van der Waals surface area contributed by atoms with Gasteiger partial charge in [0.15, 0.2) is 0 Å². The van der Waals surface area contributed by atoms with Crippen molar-refractivity contribution in [3.05, 3.63) is 149 Å². The van der Waals surface area contributed by atoms with Gasteiger partial charge in [-0.05, 0) is 105 Å². The number of pyridine rings is 2. The Morgan fingerprint density at radius 2 is 0.932 bits per heavy atom. The molecule has 218 valence electrons. The molecule has 0 saturated heterocycles. The molecule has 2 heterocycles. The molecule has 4 nitrogen and oxygen atoms in total. The van der Waals surface area contributed by atoms with Gasteiger partial charge in [0, 0.05) is 18.4 Å². The largest absolute Gasteiger partial charge is 0.329 e. The molecule has 0 radical (unpaired) electrons. The molecular formula is C40H38N4. The first kappa shape index (κ1) is 28.9. The van der Waals surface area contributed by atoms with E-state index in [4.69, 9.17) is 9.97 Å². The predicted molar refractivity (Wildman–Crippen MR) is 186 cm³/mol. The second kappa shape index (κ2) is 12.2. The van der Waals surface area contributed by atoms with Crippen molar-refractivity contribution in [2.24, 2.45) is 0 Å². The van der Waals surface area contributed by atoms with Gasteiger partial charge in [0.2, 0.25) is 0 Å². The lowest BCUT2D eigenvalue weighted by Crippen LogP contribution is -2.14. The highest BCUT2D eigenvalue weighted by molar-refractivity contribution is 5.79. The van der Waals surface area contributed by atoms with Gasteiger partial charge >= 0.3 is 0 Å². The molecule has 0 aliphatic heterocycles. The van der Waals surface area contributed by atoms with Crippen LogP contribution in [-0.2, 0) is 0 Å². The molecule has 0 unspecified atom stereocenters. The quantitative estimate of drug-likeness (QED) is 0.190. The normalized spacial score (nSPS) is 11.0. The van der Waals surface area contributed by atoms with Crippen LogP contribution in [0.5, 0.6) is 0 Å². The van der Waals surface area contributed by atoms with Crippen LogP contribution in [0, 0.1) is 34.6 Å². The van der Waals surface area contributed by atoms with Crippen LogP contribution in [0.4, 0.5) is 28.7 Å². The average Bonchev–Trinajstić information content (AvgIpc) is 3.03. The zero-order valence-electron chi connectivity index (χ0n) is 26.3. The van der Waals surface area contributed by atoms with E-state index >= 15 is 0 Å². The third-order valence-electron chi connectivity index (χ3n) is 8.12. The molecule has 0 saturated carbocycles. The Balaban J connectivity index is 1.39. The third-order valence-corrected chi connectivity index (χ3v) is 8.12. The summed E-state index contributed by atoms with van der Waals surface area (Å²) in [5.74, 6) is 1.71. The van der Waals surface area contributed by atoms with E-state index in [-0.39, 0.29) is 0 Å². The van der Waals surface area contributed by atoms with E-state index < -0.39 is 0 Å². The van der Waals surface area contributed by atoms with Crippen molar-refractivity contribution in [3.8, 4) is 22.5 Å². The molecule has 0 aliphatic rings. The van der Waals surface area contributed by atoms with E-state index in [0.29, 0.717) is 0 Å². The van der Waals surface area contributed by atoms with E-state index in [9.17, 15) is 0 Å². The summed E-state index contributed by atoms with van der Waals surface area (Å²) in [4.78, 5) is 14.6. The number of nitrogens with zero attached hydrogens (tertiary/aromatic N) is 4. The van der Waals surface area contributed by atoms with Crippen LogP contribution in [-0.4, -0.2) is 17.0 Å². The number of hydrogen-bond donors (Lipinski definition) is 0. The number of aryl methyl sites for hydroxylation is 5. The Hall–Kier alpha value is -5.22. The minimum atomic E-state index is 0.824. The molecule has 2 aromatic heterocycles. The van der Waals surface area contributed by atoms with Crippen LogP contribution < -0.4 is 9.80 Å². The zero-order chi connectivity index (χ0) is 30.8. The molecule has 0 bridgehead atoms. The van der Waals surface area contributed by atoms with Crippen LogP contribution in [0.25, 0.3) is 22.5 Å². The second-order valence-corrected chi connectivity index (χ2v) is 11.6. The van der Waals surface area contributed by atoms with E-state index in [1.807, 2.05) is 18.2 Å². The summed E-state index contributed by atoms with van der Waals surface area (Å²) in [5, 5.41) is 0. The molecule has 6 aromatic rings. The standard InChI is InChI=1S/C40H38N4/c1-27-13-17-32(18-14-27)33-19-21-34(22-20-33)44(38-24-16-29(3)26-31(38)5)40-12-8-10-36(42-40)35-9-7-11-39(41-35)43(6)37-23-15-28(2)25-30(37)4/h7-26H,1-6H3. The van der Waals surface area contributed by atoms with Crippen molar-refractivity contribution >= 4 is 28.7 Å². The Labute approximate surface area is 261 Å². The van der Waals surface area contributed by atoms with Crippen LogP contribution in [0.15, 0.2) is 121 Å². The Bertz CT molecular complexity index is 1920. The van der Waals surface area contributed by atoms with Gasteiger partial charge in [0.1, 0.15) is 11.6 Å². The van der Waals surface area contributed by atoms with Gasteiger partial charge in [-0.1, -0.05) is 89.5 Å². The number of anilines is 5. The topological polar surface area (TPSA) is 32.3 Å². The van der Waals surface area contributed by atoms with Gasteiger partial charge in [-0.25, -0.2) is 9.97 Å². The first-order valence-corrected chi connectivity index (χ1v) is 15.1. The molecule has 0 N–H and O–H groups in total. The number of aromatic nitrogens is 2. The minimum Gasteiger partial charge on any atom is -0.329 e. The average molecular weight is 575 g/mol. The highest BCUT2D eigenvalue weighted by Crippen LogP contribution is 2.38. The lowest BCUT2D eigenvalue weighted by atomic mass is 10.0.